The van der Waals surface area contributed by atoms with E-state index in [9.17, 15) is 0 Å². The number of thioether (sulfide) groups is 1. The highest BCUT2D eigenvalue weighted by Crippen LogP contribution is 2.20. The number of ether oxygens (including phenoxy) is 2. The summed E-state index contributed by atoms with van der Waals surface area (Å²) in [6, 6.07) is 27.1. The van der Waals surface area contributed by atoms with Crippen LogP contribution in [0.4, 0.5) is 5.69 Å². The second-order valence-corrected chi connectivity index (χ2v) is 6.18. The molecule has 0 atom stereocenters. The Bertz CT molecular complexity index is 860. The molecular weight excluding hydrogens is 342 g/mol. The molecule has 0 bridgehead atoms. The predicted molar refractivity (Wildman–Crippen MR) is 109 cm³/mol. The summed E-state index contributed by atoms with van der Waals surface area (Å²) in [7, 11) is 0. The maximum Gasteiger partial charge on any atom is 0.222 e. The van der Waals surface area contributed by atoms with Gasteiger partial charge in [0.1, 0.15) is 11.5 Å². The van der Waals surface area contributed by atoms with Crippen molar-refractivity contribution in [3.8, 4) is 11.5 Å². The summed E-state index contributed by atoms with van der Waals surface area (Å²) in [5, 5.41) is 0. The summed E-state index contributed by atoms with van der Waals surface area (Å²) >= 11 is 1.70. The van der Waals surface area contributed by atoms with Crippen molar-refractivity contribution in [1.29, 1.82) is 0 Å². The summed E-state index contributed by atoms with van der Waals surface area (Å²) in [4.78, 5) is 5.77. The highest BCUT2D eigenvalue weighted by Gasteiger charge is 2.01. The number of para-hydroxylation sites is 2. The van der Waals surface area contributed by atoms with E-state index >= 15 is 0 Å². The lowest BCUT2D eigenvalue weighted by molar-refractivity contribution is 0.479. The van der Waals surface area contributed by atoms with Gasteiger partial charge in [0.05, 0.1) is 11.9 Å². The van der Waals surface area contributed by atoms with Crippen LogP contribution in [0.3, 0.4) is 0 Å². The molecule has 0 radical (unpaired) electrons. The van der Waals surface area contributed by atoms with Crippen molar-refractivity contribution in [1.82, 2.24) is 0 Å². The third-order valence-electron chi connectivity index (χ3n) is 3.44. The molecule has 3 rings (SSSR count). The normalized spacial score (nSPS) is 11.5. The van der Waals surface area contributed by atoms with Crippen LogP contribution < -0.4 is 9.47 Å². The van der Waals surface area contributed by atoms with Crippen molar-refractivity contribution in [2.75, 3.05) is 6.26 Å². The first-order valence-electron chi connectivity index (χ1n) is 8.17. The molecule has 0 saturated heterocycles. The quantitative estimate of drug-likeness (QED) is 0.230. The second kappa shape index (κ2) is 9.49. The van der Waals surface area contributed by atoms with Gasteiger partial charge in [-0.05, 0) is 54.8 Å². The van der Waals surface area contributed by atoms with E-state index < -0.39 is 0 Å². The fourth-order valence-corrected chi connectivity index (χ4v) is 2.57. The Kier molecular flexibility index (Phi) is 6.51. The number of hydrogen-bond acceptors (Lipinski definition) is 4. The Morgan fingerprint density at radius 1 is 0.808 bits per heavy atom. The Labute approximate surface area is 158 Å². The Morgan fingerprint density at radius 3 is 2.04 bits per heavy atom. The van der Waals surface area contributed by atoms with Crippen LogP contribution in [0.1, 0.15) is 0 Å². The molecule has 3 aromatic carbocycles. The van der Waals surface area contributed by atoms with Crippen LogP contribution in [0.2, 0.25) is 0 Å². The van der Waals surface area contributed by atoms with E-state index in [2.05, 4.69) is 4.99 Å². The van der Waals surface area contributed by atoms with E-state index in [0.717, 1.165) is 17.2 Å². The molecule has 0 aromatic heterocycles. The van der Waals surface area contributed by atoms with Gasteiger partial charge in [-0.3, -0.25) is 0 Å². The minimum absolute atomic E-state index is 0.448. The molecule has 0 aliphatic carbocycles. The molecule has 0 N–H and O–H groups in total. The number of aliphatic imine (C=N–C) groups is 1. The molecule has 3 aromatic rings. The molecule has 0 saturated carbocycles. The average molecular weight is 361 g/mol. The van der Waals surface area contributed by atoms with Crippen LogP contribution in [-0.4, -0.2) is 12.2 Å². The second-order valence-electron chi connectivity index (χ2n) is 5.30. The first-order chi connectivity index (χ1) is 12.8. The maximum atomic E-state index is 5.89. The molecule has 0 amide bonds. The molecule has 0 unspecified atom stereocenters. The topological polar surface area (TPSA) is 30.8 Å². The largest absolute Gasteiger partial charge is 0.465 e. The summed E-state index contributed by atoms with van der Waals surface area (Å²) in [6.45, 7) is 0. The number of rotatable bonds is 6. The molecular formula is C22H19NO2S. The summed E-state index contributed by atoms with van der Waals surface area (Å²) in [5.74, 6) is 1.92. The van der Waals surface area contributed by atoms with Gasteiger partial charge in [-0.2, -0.15) is 0 Å². The minimum Gasteiger partial charge on any atom is -0.465 e. The zero-order valence-corrected chi connectivity index (χ0v) is 15.2. The van der Waals surface area contributed by atoms with Gasteiger partial charge in [-0.25, -0.2) is 4.99 Å². The van der Waals surface area contributed by atoms with Crippen LogP contribution in [-0.2, 0) is 0 Å². The lowest BCUT2D eigenvalue weighted by atomic mass is 10.3. The van der Waals surface area contributed by atoms with E-state index in [1.54, 1.807) is 24.1 Å². The van der Waals surface area contributed by atoms with Gasteiger partial charge in [0, 0.05) is 11.0 Å². The first-order valence-corrected chi connectivity index (χ1v) is 9.40. The zero-order chi connectivity index (χ0) is 18.0. The fraction of sp³-hybridized carbons (Fsp3) is 0.0455. The number of benzene rings is 3. The molecule has 130 valence electrons. The van der Waals surface area contributed by atoms with Crippen LogP contribution in [0, 0.1) is 0 Å². The molecule has 0 heterocycles. The monoisotopic (exact) mass is 361 g/mol. The van der Waals surface area contributed by atoms with Gasteiger partial charge < -0.3 is 9.47 Å². The molecule has 26 heavy (non-hydrogen) atoms. The van der Waals surface area contributed by atoms with E-state index in [0.29, 0.717) is 5.90 Å². The summed E-state index contributed by atoms with van der Waals surface area (Å²) in [5.41, 5.74) is 0.818. The van der Waals surface area contributed by atoms with Crippen molar-refractivity contribution in [2.45, 2.75) is 4.90 Å². The van der Waals surface area contributed by atoms with Crippen molar-refractivity contribution in [3.05, 3.63) is 97.3 Å². The minimum atomic E-state index is 0.448. The highest BCUT2D eigenvalue weighted by atomic mass is 32.2. The van der Waals surface area contributed by atoms with Gasteiger partial charge in [0.25, 0.3) is 0 Å². The Morgan fingerprint density at radius 2 is 1.42 bits per heavy atom. The summed E-state index contributed by atoms with van der Waals surface area (Å²) < 4.78 is 11.5. The van der Waals surface area contributed by atoms with Gasteiger partial charge in [0.2, 0.25) is 5.90 Å². The van der Waals surface area contributed by atoms with Crippen LogP contribution >= 0.6 is 11.8 Å². The van der Waals surface area contributed by atoms with Gasteiger partial charge in [0.15, 0.2) is 0 Å². The van der Waals surface area contributed by atoms with Crippen LogP contribution in [0.25, 0.3) is 0 Å². The zero-order valence-electron chi connectivity index (χ0n) is 14.4. The average Bonchev–Trinajstić information content (AvgIpc) is 2.70. The van der Waals surface area contributed by atoms with Crippen molar-refractivity contribution >= 4 is 23.3 Å². The molecule has 0 aliphatic rings. The van der Waals surface area contributed by atoms with Gasteiger partial charge in [-0.1, -0.05) is 36.4 Å². The van der Waals surface area contributed by atoms with Crippen LogP contribution in [0.15, 0.2) is 107 Å². The molecule has 0 aliphatic heterocycles. The van der Waals surface area contributed by atoms with E-state index in [1.165, 1.54) is 4.90 Å². The standard InChI is InChI=1S/C22H19NO2S/c1-26-21-14-12-18(13-15-21)23-22(25-20-10-6-3-7-11-20)16-17-24-19-8-4-2-5-9-19/h2-17H,1H3. The van der Waals surface area contributed by atoms with E-state index in [1.807, 2.05) is 91.2 Å². The van der Waals surface area contributed by atoms with Crippen molar-refractivity contribution < 1.29 is 9.47 Å². The number of hydrogen-bond donors (Lipinski definition) is 0. The first kappa shape index (κ1) is 17.8. The van der Waals surface area contributed by atoms with Gasteiger partial charge in [-0.15, -0.1) is 11.8 Å². The highest BCUT2D eigenvalue weighted by molar-refractivity contribution is 7.98. The lowest BCUT2D eigenvalue weighted by Gasteiger charge is -2.06. The SMILES string of the molecule is CSc1ccc(N=C(C=COc2ccccc2)Oc2ccccc2)cc1. The molecule has 3 nitrogen and oxygen atoms in total. The number of nitrogens with zero attached hydrogens (tertiary/aromatic N) is 1. The smallest absolute Gasteiger partial charge is 0.222 e. The van der Waals surface area contributed by atoms with E-state index in [4.69, 9.17) is 9.47 Å². The van der Waals surface area contributed by atoms with Crippen molar-refractivity contribution in [2.24, 2.45) is 4.99 Å². The molecule has 0 spiro atoms. The van der Waals surface area contributed by atoms with Crippen molar-refractivity contribution in [3.63, 3.8) is 0 Å². The van der Waals surface area contributed by atoms with Crippen LogP contribution in [0.5, 0.6) is 11.5 Å². The maximum absolute atomic E-state index is 5.89. The Balaban J connectivity index is 1.79. The van der Waals surface area contributed by atoms with Gasteiger partial charge >= 0.3 is 0 Å². The molecule has 0 fully saturated rings. The Hall–Kier alpha value is -2.98. The summed E-state index contributed by atoms with van der Waals surface area (Å²) in [6.07, 6.45) is 5.34. The third kappa shape index (κ3) is 5.53. The fourth-order valence-electron chi connectivity index (χ4n) is 2.16. The predicted octanol–water partition coefficient (Wildman–Crippen LogP) is 6.11. The lowest BCUT2D eigenvalue weighted by Crippen LogP contribution is -2.05. The van der Waals surface area contributed by atoms with E-state index in [-0.39, 0.29) is 0 Å². The third-order valence-corrected chi connectivity index (χ3v) is 4.18. The molecule has 4 heteroatoms.